The Balaban J connectivity index is 1.96. The second-order valence-corrected chi connectivity index (χ2v) is 8.06. The lowest BCUT2D eigenvalue weighted by molar-refractivity contribution is 0.481. The van der Waals surface area contributed by atoms with Gasteiger partial charge in [0.15, 0.2) is 11.2 Å². The molecule has 1 unspecified atom stereocenters. The second kappa shape index (κ2) is 8.84. The monoisotopic (exact) mass is 415 g/mol. The van der Waals surface area contributed by atoms with Gasteiger partial charge in [0.2, 0.25) is 0 Å². The number of rotatable bonds is 7. The van der Waals surface area contributed by atoms with E-state index in [1.54, 1.807) is 18.5 Å². The van der Waals surface area contributed by atoms with Crippen LogP contribution in [0.3, 0.4) is 0 Å². The van der Waals surface area contributed by atoms with Crippen LogP contribution in [0.5, 0.6) is 0 Å². The van der Waals surface area contributed by atoms with Crippen LogP contribution in [0.1, 0.15) is 25.0 Å². The quantitative estimate of drug-likeness (QED) is 0.638. The minimum Gasteiger partial charge on any atom is -0.342 e. The first-order valence-electron chi connectivity index (χ1n) is 9.02. The molecular formula is C20H22ClN5OS. The van der Waals surface area contributed by atoms with E-state index < -0.39 is 11.2 Å². The zero-order valence-corrected chi connectivity index (χ0v) is 17.6. The smallest absolute Gasteiger partial charge is 0.170 e. The first-order chi connectivity index (χ1) is 13.5. The predicted octanol–water partition coefficient (Wildman–Crippen LogP) is 3.78. The van der Waals surface area contributed by atoms with E-state index in [2.05, 4.69) is 15.8 Å². The van der Waals surface area contributed by atoms with Gasteiger partial charge in [-0.15, -0.1) is 0 Å². The SMILES string of the molecule is CCN(CC)S(=O)NCc1cncc(-c2c(C#N)c3ccc(Cl)cc3n2C)c1. The third-order valence-corrected chi connectivity index (χ3v) is 6.29. The van der Waals surface area contributed by atoms with Crippen LogP contribution in [0, 0.1) is 11.3 Å². The molecule has 8 heteroatoms. The van der Waals surface area contributed by atoms with Gasteiger partial charge in [-0.1, -0.05) is 25.4 Å². The van der Waals surface area contributed by atoms with Crippen LogP contribution in [-0.2, 0) is 24.8 Å². The number of aryl methyl sites for hydroxylation is 1. The summed E-state index contributed by atoms with van der Waals surface area (Å²) in [6.45, 7) is 5.78. The zero-order valence-electron chi connectivity index (χ0n) is 16.1. The van der Waals surface area contributed by atoms with Crippen LogP contribution in [0.15, 0.2) is 36.7 Å². The summed E-state index contributed by atoms with van der Waals surface area (Å²) in [5.74, 6) is 0. The highest BCUT2D eigenvalue weighted by atomic mass is 35.5. The number of hydrogen-bond donors (Lipinski definition) is 1. The molecule has 2 aromatic heterocycles. The number of nitrogens with one attached hydrogen (secondary N) is 1. The lowest BCUT2D eigenvalue weighted by atomic mass is 10.1. The summed E-state index contributed by atoms with van der Waals surface area (Å²) in [6, 6.07) is 9.79. The number of hydrogen-bond acceptors (Lipinski definition) is 3. The number of benzene rings is 1. The molecule has 1 aromatic carbocycles. The number of aromatic nitrogens is 2. The Labute approximate surface area is 172 Å². The Morgan fingerprint density at radius 1 is 1.29 bits per heavy atom. The van der Waals surface area contributed by atoms with E-state index in [-0.39, 0.29) is 0 Å². The topological polar surface area (TPSA) is 74.0 Å². The second-order valence-electron chi connectivity index (χ2n) is 6.32. The summed E-state index contributed by atoms with van der Waals surface area (Å²) in [5.41, 5.74) is 4.00. The summed E-state index contributed by atoms with van der Waals surface area (Å²) in [5, 5.41) is 11.2. The molecule has 3 aromatic rings. The van der Waals surface area contributed by atoms with Crippen LogP contribution in [0.25, 0.3) is 22.2 Å². The molecule has 28 heavy (non-hydrogen) atoms. The number of halogens is 1. The third kappa shape index (κ3) is 3.96. The molecule has 0 aliphatic carbocycles. The minimum absolute atomic E-state index is 0.418. The van der Waals surface area contributed by atoms with E-state index in [9.17, 15) is 9.47 Å². The zero-order chi connectivity index (χ0) is 20.3. The molecule has 6 nitrogen and oxygen atoms in total. The maximum atomic E-state index is 12.3. The molecule has 0 fully saturated rings. The molecule has 0 radical (unpaired) electrons. The van der Waals surface area contributed by atoms with Crippen molar-refractivity contribution < 1.29 is 4.21 Å². The molecular weight excluding hydrogens is 394 g/mol. The van der Waals surface area contributed by atoms with Gasteiger partial charge in [-0.25, -0.2) is 13.2 Å². The van der Waals surface area contributed by atoms with E-state index in [0.29, 0.717) is 30.2 Å². The van der Waals surface area contributed by atoms with Gasteiger partial charge in [0.25, 0.3) is 0 Å². The molecule has 2 heterocycles. The molecule has 0 amide bonds. The van der Waals surface area contributed by atoms with Crippen molar-refractivity contribution in [2.45, 2.75) is 20.4 Å². The van der Waals surface area contributed by atoms with E-state index in [1.807, 2.05) is 48.0 Å². The van der Waals surface area contributed by atoms with Crippen molar-refractivity contribution in [3.8, 4) is 17.3 Å². The van der Waals surface area contributed by atoms with Gasteiger partial charge in [0.05, 0.1) is 16.8 Å². The largest absolute Gasteiger partial charge is 0.342 e. The third-order valence-electron chi connectivity index (χ3n) is 4.68. The van der Waals surface area contributed by atoms with Crippen molar-refractivity contribution in [1.29, 1.82) is 5.26 Å². The van der Waals surface area contributed by atoms with Crippen LogP contribution < -0.4 is 4.72 Å². The maximum Gasteiger partial charge on any atom is 0.170 e. The minimum atomic E-state index is -1.25. The van der Waals surface area contributed by atoms with Gasteiger partial charge in [0, 0.05) is 55.0 Å². The van der Waals surface area contributed by atoms with Crippen LogP contribution in [-0.4, -0.2) is 31.2 Å². The maximum absolute atomic E-state index is 12.3. The average Bonchev–Trinajstić information content (AvgIpc) is 2.98. The number of fused-ring (bicyclic) bond motifs is 1. The Morgan fingerprint density at radius 2 is 2.04 bits per heavy atom. The summed E-state index contributed by atoms with van der Waals surface area (Å²) < 4.78 is 19.1. The molecule has 0 bridgehead atoms. The molecule has 0 saturated heterocycles. The van der Waals surface area contributed by atoms with Gasteiger partial charge in [-0.05, 0) is 29.8 Å². The molecule has 1 atom stereocenters. The molecule has 146 valence electrons. The van der Waals surface area contributed by atoms with Crippen molar-refractivity contribution in [2.75, 3.05) is 13.1 Å². The van der Waals surface area contributed by atoms with Gasteiger partial charge < -0.3 is 4.57 Å². The fourth-order valence-corrected chi connectivity index (χ4v) is 4.38. The lowest BCUT2D eigenvalue weighted by Gasteiger charge is -2.17. The molecule has 0 aliphatic rings. The van der Waals surface area contributed by atoms with Gasteiger partial charge in [0.1, 0.15) is 6.07 Å². The van der Waals surface area contributed by atoms with Crippen molar-refractivity contribution in [1.82, 2.24) is 18.6 Å². The van der Waals surface area contributed by atoms with E-state index in [0.717, 1.165) is 27.7 Å². The van der Waals surface area contributed by atoms with Crippen LogP contribution in [0.2, 0.25) is 5.02 Å². The Bertz CT molecular complexity index is 1070. The Hall–Kier alpha value is -2.24. The summed E-state index contributed by atoms with van der Waals surface area (Å²) in [7, 11) is 1.91. The Kier molecular flexibility index (Phi) is 6.47. The van der Waals surface area contributed by atoms with Crippen molar-refractivity contribution in [2.24, 2.45) is 7.05 Å². The molecule has 1 N–H and O–H groups in total. The van der Waals surface area contributed by atoms with Crippen LogP contribution >= 0.6 is 11.6 Å². The normalized spacial score (nSPS) is 12.4. The van der Waals surface area contributed by atoms with Gasteiger partial charge in [-0.2, -0.15) is 5.26 Å². The number of nitrogens with zero attached hydrogens (tertiary/aromatic N) is 4. The van der Waals surface area contributed by atoms with E-state index in [1.165, 1.54) is 0 Å². The van der Waals surface area contributed by atoms with E-state index in [4.69, 9.17) is 11.6 Å². The Morgan fingerprint density at radius 3 is 2.71 bits per heavy atom. The van der Waals surface area contributed by atoms with Crippen molar-refractivity contribution >= 4 is 33.7 Å². The highest BCUT2D eigenvalue weighted by molar-refractivity contribution is 7.80. The predicted molar refractivity (Wildman–Crippen MR) is 114 cm³/mol. The standard InChI is InChI=1S/C20H22ClN5OS/c1-4-26(5-2)28(27)24-12-14-8-15(13-23-11-14)20-18(10-22)17-7-6-16(21)9-19(17)25(20)3/h6-9,11,13,24H,4-5,12H2,1-3H3. The molecule has 3 rings (SSSR count). The first kappa shape index (κ1) is 20.5. The average molecular weight is 416 g/mol. The molecule has 0 spiro atoms. The first-order valence-corrected chi connectivity index (χ1v) is 10.5. The van der Waals surface area contributed by atoms with Crippen molar-refractivity contribution in [3.05, 3.63) is 52.8 Å². The van der Waals surface area contributed by atoms with Crippen molar-refractivity contribution in [3.63, 3.8) is 0 Å². The fourth-order valence-electron chi connectivity index (χ4n) is 3.27. The molecule has 0 aliphatic heterocycles. The summed E-state index contributed by atoms with van der Waals surface area (Å²) >= 11 is 4.89. The van der Waals surface area contributed by atoms with E-state index >= 15 is 0 Å². The highest BCUT2D eigenvalue weighted by Crippen LogP contribution is 2.33. The molecule has 0 saturated carbocycles. The van der Waals surface area contributed by atoms with Crippen LogP contribution in [0.4, 0.5) is 0 Å². The summed E-state index contributed by atoms with van der Waals surface area (Å²) in [6.07, 6.45) is 3.48. The van der Waals surface area contributed by atoms with Gasteiger partial charge >= 0.3 is 0 Å². The highest BCUT2D eigenvalue weighted by Gasteiger charge is 2.17. The lowest BCUT2D eigenvalue weighted by Crippen LogP contribution is -2.34. The van der Waals surface area contributed by atoms with Gasteiger partial charge in [-0.3, -0.25) is 4.98 Å². The summed E-state index contributed by atoms with van der Waals surface area (Å²) in [4.78, 5) is 4.33. The number of nitriles is 1. The fraction of sp³-hybridized carbons (Fsp3) is 0.300. The number of pyridine rings is 1.